The van der Waals surface area contributed by atoms with Crippen LogP contribution in [0.5, 0.6) is 0 Å². The maximum Gasteiger partial charge on any atom is 0.194 e. The molecule has 3 nitrogen and oxygen atoms in total. The summed E-state index contributed by atoms with van der Waals surface area (Å²) in [6.45, 7) is 9.94. The lowest BCUT2D eigenvalue weighted by molar-refractivity contribution is -0.118. The third kappa shape index (κ3) is 1.14. The van der Waals surface area contributed by atoms with Crippen LogP contribution in [0.3, 0.4) is 0 Å². The molecule has 0 aromatic heterocycles. The van der Waals surface area contributed by atoms with Crippen molar-refractivity contribution < 1.29 is 14.6 Å². The summed E-state index contributed by atoms with van der Waals surface area (Å²) in [5.74, 6) is 0.146. The molecule has 3 aliphatic rings. The lowest BCUT2D eigenvalue weighted by atomic mass is 9.57. The van der Waals surface area contributed by atoms with Gasteiger partial charge in [-0.1, -0.05) is 26.0 Å². The summed E-state index contributed by atoms with van der Waals surface area (Å²) in [6, 6.07) is 0. The molecular weight excluding hydrogens is 228 g/mol. The minimum absolute atomic E-state index is 0.0380. The van der Waals surface area contributed by atoms with Gasteiger partial charge in [0.05, 0.1) is 6.10 Å². The van der Waals surface area contributed by atoms with Crippen molar-refractivity contribution in [1.82, 2.24) is 0 Å². The Hall–Kier alpha value is -0.930. The summed E-state index contributed by atoms with van der Waals surface area (Å²) in [7, 11) is 0. The van der Waals surface area contributed by atoms with Crippen LogP contribution in [0.25, 0.3) is 0 Å². The number of rotatable bonds is 1. The molecule has 1 aliphatic heterocycles. The number of aliphatic hydroxyl groups is 1. The summed E-state index contributed by atoms with van der Waals surface area (Å²) in [4.78, 5) is 12.3. The van der Waals surface area contributed by atoms with Crippen LogP contribution in [0, 0.1) is 11.3 Å². The molecule has 2 aliphatic carbocycles. The lowest BCUT2D eigenvalue weighted by Crippen LogP contribution is -2.50. The molecule has 1 N–H and O–H groups in total. The van der Waals surface area contributed by atoms with Crippen LogP contribution in [-0.2, 0) is 9.53 Å². The number of hydrogen-bond acceptors (Lipinski definition) is 3. The smallest absolute Gasteiger partial charge is 0.194 e. The third-order valence-corrected chi connectivity index (χ3v) is 5.39. The zero-order valence-electron chi connectivity index (χ0n) is 11.2. The summed E-state index contributed by atoms with van der Waals surface area (Å²) in [5, 5.41) is 10.1. The van der Waals surface area contributed by atoms with E-state index < -0.39 is 5.60 Å². The number of carbonyl (C=O) groups excluding carboxylic acids is 1. The molecule has 3 heteroatoms. The van der Waals surface area contributed by atoms with Gasteiger partial charge in [-0.2, -0.15) is 0 Å². The number of ketones is 1. The predicted molar refractivity (Wildman–Crippen MR) is 68.0 cm³/mol. The number of aliphatic hydroxyl groups excluding tert-OH is 1. The number of carbonyl (C=O) groups is 1. The second-order valence-corrected chi connectivity index (χ2v) is 6.23. The van der Waals surface area contributed by atoms with E-state index in [4.69, 9.17) is 4.74 Å². The van der Waals surface area contributed by atoms with Crippen LogP contribution < -0.4 is 0 Å². The first-order valence-corrected chi connectivity index (χ1v) is 6.62. The molecule has 3 rings (SSSR count). The molecule has 98 valence electrons. The fraction of sp³-hybridized carbons (Fsp3) is 0.667. The zero-order chi connectivity index (χ0) is 13.3. The molecule has 1 heterocycles. The molecule has 0 aromatic rings. The summed E-state index contributed by atoms with van der Waals surface area (Å²) < 4.78 is 5.82. The van der Waals surface area contributed by atoms with Gasteiger partial charge < -0.3 is 9.84 Å². The second-order valence-electron chi connectivity index (χ2n) is 6.23. The van der Waals surface area contributed by atoms with Crippen LogP contribution in [0.1, 0.15) is 33.6 Å². The summed E-state index contributed by atoms with van der Waals surface area (Å²) >= 11 is 0. The van der Waals surface area contributed by atoms with Crippen molar-refractivity contribution in [2.45, 2.75) is 51.4 Å². The van der Waals surface area contributed by atoms with E-state index >= 15 is 0 Å². The van der Waals surface area contributed by atoms with Crippen molar-refractivity contribution in [2.24, 2.45) is 11.3 Å². The van der Waals surface area contributed by atoms with E-state index in [-0.39, 0.29) is 29.3 Å². The first-order chi connectivity index (χ1) is 8.35. The first-order valence-electron chi connectivity index (χ1n) is 6.62. The number of hydrogen-bond donors (Lipinski definition) is 1. The number of ether oxygens (including phenoxy) is 1. The van der Waals surface area contributed by atoms with Gasteiger partial charge in [-0.25, -0.2) is 0 Å². The van der Waals surface area contributed by atoms with Gasteiger partial charge in [-0.3, -0.25) is 4.79 Å². The SMILES string of the molecule is C=C(C)[C@@]12O[C@@H]1[C@@]1(C)C(=CC2=O)CC[C@@H](O)[C@@H]1C. The molecule has 18 heavy (non-hydrogen) atoms. The third-order valence-electron chi connectivity index (χ3n) is 5.39. The molecule has 2 fully saturated rings. The minimum atomic E-state index is -0.802. The molecule has 0 bridgehead atoms. The van der Waals surface area contributed by atoms with Crippen LogP contribution >= 0.6 is 0 Å². The fourth-order valence-electron chi connectivity index (χ4n) is 3.83. The Morgan fingerprint density at radius 3 is 2.89 bits per heavy atom. The Morgan fingerprint density at radius 1 is 1.61 bits per heavy atom. The Bertz CT molecular complexity index is 478. The second kappa shape index (κ2) is 3.34. The largest absolute Gasteiger partial charge is 0.393 e. The molecule has 0 spiro atoms. The maximum absolute atomic E-state index is 12.3. The van der Waals surface area contributed by atoms with Crippen LogP contribution in [0.15, 0.2) is 23.8 Å². The topological polar surface area (TPSA) is 49.8 Å². The maximum atomic E-state index is 12.3. The van der Waals surface area contributed by atoms with Gasteiger partial charge in [-0.05, 0) is 37.3 Å². The Morgan fingerprint density at radius 2 is 2.28 bits per heavy atom. The van der Waals surface area contributed by atoms with E-state index in [0.29, 0.717) is 0 Å². The highest BCUT2D eigenvalue weighted by Crippen LogP contribution is 2.63. The van der Waals surface area contributed by atoms with E-state index in [1.165, 1.54) is 0 Å². The predicted octanol–water partition coefficient (Wildman–Crippen LogP) is 2.01. The van der Waals surface area contributed by atoms with Gasteiger partial charge in [0.25, 0.3) is 0 Å². The van der Waals surface area contributed by atoms with E-state index in [9.17, 15) is 9.90 Å². The van der Waals surface area contributed by atoms with Crippen LogP contribution in [0.2, 0.25) is 0 Å². The van der Waals surface area contributed by atoms with E-state index in [0.717, 1.165) is 24.0 Å². The van der Waals surface area contributed by atoms with Crippen molar-refractivity contribution in [3.05, 3.63) is 23.8 Å². The van der Waals surface area contributed by atoms with Gasteiger partial charge >= 0.3 is 0 Å². The normalized spacial score (nSPS) is 50.1. The van der Waals surface area contributed by atoms with Crippen molar-refractivity contribution in [3.8, 4) is 0 Å². The standard InChI is InChI=1S/C15H20O3/c1-8(2)15-12(17)7-10-5-6-11(16)9(3)14(10,4)13(15)18-15/h7,9,11,13,16H,1,5-6H2,2-4H3/t9-,11+,13+,14+,15-/m0/s1. The monoisotopic (exact) mass is 248 g/mol. The highest BCUT2D eigenvalue weighted by Gasteiger charge is 2.73. The molecule has 1 saturated carbocycles. The zero-order valence-corrected chi connectivity index (χ0v) is 11.2. The highest BCUT2D eigenvalue weighted by atomic mass is 16.6. The van der Waals surface area contributed by atoms with Crippen molar-refractivity contribution in [1.29, 1.82) is 0 Å². The highest BCUT2D eigenvalue weighted by molar-refractivity contribution is 6.04. The molecule has 0 radical (unpaired) electrons. The average Bonchev–Trinajstić information content (AvgIpc) is 3.06. The Labute approximate surface area is 108 Å². The number of fused-ring (bicyclic) bond motifs is 3. The molecule has 0 unspecified atom stereocenters. The Kier molecular flexibility index (Phi) is 2.25. The molecule has 5 atom stereocenters. The Balaban J connectivity index is 2.10. The van der Waals surface area contributed by atoms with Crippen LogP contribution in [-0.4, -0.2) is 28.7 Å². The number of epoxide rings is 1. The van der Waals surface area contributed by atoms with Gasteiger partial charge in [0.2, 0.25) is 0 Å². The lowest BCUT2D eigenvalue weighted by Gasteiger charge is -2.46. The van der Waals surface area contributed by atoms with Gasteiger partial charge in [-0.15, -0.1) is 0 Å². The molecule has 0 amide bonds. The van der Waals surface area contributed by atoms with Gasteiger partial charge in [0.15, 0.2) is 11.4 Å². The van der Waals surface area contributed by atoms with Crippen LogP contribution in [0.4, 0.5) is 0 Å². The molecule has 0 aromatic carbocycles. The van der Waals surface area contributed by atoms with Crippen molar-refractivity contribution >= 4 is 5.78 Å². The average molecular weight is 248 g/mol. The van der Waals surface area contributed by atoms with Gasteiger partial charge in [0, 0.05) is 5.41 Å². The van der Waals surface area contributed by atoms with Gasteiger partial charge in [0.1, 0.15) is 6.10 Å². The first kappa shape index (κ1) is 12.1. The quantitative estimate of drug-likeness (QED) is 0.570. The molecular formula is C15H20O3. The van der Waals surface area contributed by atoms with Crippen molar-refractivity contribution in [3.63, 3.8) is 0 Å². The molecule has 1 saturated heterocycles. The van der Waals surface area contributed by atoms with E-state index in [2.05, 4.69) is 20.4 Å². The van der Waals surface area contributed by atoms with E-state index in [1.54, 1.807) is 6.08 Å². The minimum Gasteiger partial charge on any atom is -0.393 e. The fourth-order valence-corrected chi connectivity index (χ4v) is 3.83. The van der Waals surface area contributed by atoms with Crippen molar-refractivity contribution in [2.75, 3.05) is 0 Å². The summed E-state index contributed by atoms with van der Waals surface area (Å²) in [6.07, 6.45) is 2.83. The van der Waals surface area contributed by atoms with E-state index in [1.807, 2.05) is 6.92 Å². The summed E-state index contributed by atoms with van der Waals surface area (Å²) in [5.41, 5.74) is 0.889.